The van der Waals surface area contributed by atoms with Crippen molar-refractivity contribution in [2.75, 3.05) is 33.0 Å². The lowest BCUT2D eigenvalue weighted by Crippen LogP contribution is -2.48. The van der Waals surface area contributed by atoms with Gasteiger partial charge in [-0.3, -0.25) is 9.69 Å². The minimum Gasteiger partial charge on any atom is -0.454 e. The van der Waals surface area contributed by atoms with E-state index in [0.29, 0.717) is 13.2 Å². The first-order valence-corrected chi connectivity index (χ1v) is 9.72. The van der Waals surface area contributed by atoms with Gasteiger partial charge in [-0.05, 0) is 31.5 Å². The number of ether oxygens (including phenoxy) is 2. The first-order chi connectivity index (χ1) is 12.6. The summed E-state index contributed by atoms with van der Waals surface area (Å²) in [5.74, 6) is 1.85. The van der Waals surface area contributed by atoms with Crippen LogP contribution in [0.5, 0.6) is 11.5 Å². The molecule has 0 unspecified atom stereocenters. The lowest BCUT2D eigenvalue weighted by atomic mass is 10.1. The Morgan fingerprint density at radius 1 is 1.15 bits per heavy atom. The molecule has 0 atom stereocenters. The van der Waals surface area contributed by atoms with Crippen LogP contribution in [0.4, 0.5) is 0 Å². The Balaban J connectivity index is 1.29. The molecule has 2 aliphatic rings. The van der Waals surface area contributed by atoms with Crippen LogP contribution in [0.25, 0.3) is 0 Å². The standard InChI is InChI=1S/C19H23N3O3S/c1-13-18(26-14(2)20-13)10-19(23)22-7-5-21(6-8-22)11-15-3-4-16-17(9-15)25-12-24-16/h3-4,9H,5-8,10-12H2,1-2H3. The topological polar surface area (TPSA) is 54.9 Å². The van der Waals surface area contributed by atoms with Gasteiger partial charge in [-0.25, -0.2) is 4.98 Å². The van der Waals surface area contributed by atoms with E-state index in [1.165, 1.54) is 5.56 Å². The van der Waals surface area contributed by atoms with Crippen LogP contribution in [0.1, 0.15) is 21.1 Å². The maximum atomic E-state index is 12.6. The maximum Gasteiger partial charge on any atom is 0.231 e. The number of piperazine rings is 1. The van der Waals surface area contributed by atoms with Gasteiger partial charge in [-0.1, -0.05) is 6.07 Å². The highest BCUT2D eigenvalue weighted by atomic mass is 32.1. The van der Waals surface area contributed by atoms with Gasteiger partial charge in [0.25, 0.3) is 0 Å². The summed E-state index contributed by atoms with van der Waals surface area (Å²) in [6, 6.07) is 6.10. The molecule has 1 saturated heterocycles. The highest BCUT2D eigenvalue weighted by molar-refractivity contribution is 7.11. The fourth-order valence-electron chi connectivity index (χ4n) is 3.44. The lowest BCUT2D eigenvalue weighted by Gasteiger charge is -2.34. The Morgan fingerprint density at radius 2 is 1.92 bits per heavy atom. The van der Waals surface area contributed by atoms with Gasteiger partial charge < -0.3 is 14.4 Å². The van der Waals surface area contributed by atoms with Crippen molar-refractivity contribution >= 4 is 17.2 Å². The second-order valence-corrected chi connectivity index (χ2v) is 8.05. The third kappa shape index (κ3) is 3.68. The van der Waals surface area contributed by atoms with Crippen molar-refractivity contribution in [3.05, 3.63) is 39.3 Å². The second kappa shape index (κ2) is 7.25. The number of fused-ring (bicyclic) bond motifs is 1. The molecule has 4 rings (SSSR count). The summed E-state index contributed by atoms with van der Waals surface area (Å²) in [4.78, 5) is 22.4. The van der Waals surface area contributed by atoms with Crippen molar-refractivity contribution in [3.63, 3.8) is 0 Å². The van der Waals surface area contributed by atoms with Gasteiger partial charge in [0, 0.05) is 37.6 Å². The van der Waals surface area contributed by atoms with Gasteiger partial charge in [-0.2, -0.15) is 0 Å². The summed E-state index contributed by atoms with van der Waals surface area (Å²) in [6.45, 7) is 8.47. The molecule has 1 aromatic carbocycles. The van der Waals surface area contributed by atoms with E-state index in [4.69, 9.17) is 9.47 Å². The average Bonchev–Trinajstić information content (AvgIpc) is 3.21. The predicted octanol–water partition coefficient (Wildman–Crippen LogP) is 2.38. The van der Waals surface area contributed by atoms with E-state index in [9.17, 15) is 4.79 Å². The Kier molecular flexibility index (Phi) is 4.82. The average molecular weight is 373 g/mol. The molecule has 6 nitrogen and oxygen atoms in total. The van der Waals surface area contributed by atoms with E-state index >= 15 is 0 Å². The van der Waals surface area contributed by atoms with Crippen LogP contribution < -0.4 is 9.47 Å². The van der Waals surface area contributed by atoms with Gasteiger partial charge >= 0.3 is 0 Å². The van der Waals surface area contributed by atoms with E-state index in [0.717, 1.165) is 59.8 Å². The quantitative estimate of drug-likeness (QED) is 0.824. The number of carbonyl (C=O) groups excluding carboxylic acids is 1. The van der Waals surface area contributed by atoms with Crippen molar-refractivity contribution in [3.8, 4) is 11.5 Å². The van der Waals surface area contributed by atoms with Crippen LogP contribution in [0, 0.1) is 13.8 Å². The minimum absolute atomic E-state index is 0.208. The molecule has 0 N–H and O–H groups in total. The van der Waals surface area contributed by atoms with Crippen molar-refractivity contribution in [2.45, 2.75) is 26.8 Å². The molecule has 0 bridgehead atoms. The van der Waals surface area contributed by atoms with Crippen molar-refractivity contribution in [1.82, 2.24) is 14.8 Å². The first-order valence-electron chi connectivity index (χ1n) is 8.90. The van der Waals surface area contributed by atoms with Gasteiger partial charge in [-0.15, -0.1) is 11.3 Å². The Bertz CT molecular complexity index is 812. The van der Waals surface area contributed by atoms with Crippen LogP contribution in [0.3, 0.4) is 0 Å². The Labute approximate surface area is 157 Å². The molecule has 0 radical (unpaired) electrons. The predicted molar refractivity (Wildman–Crippen MR) is 99.7 cm³/mol. The molecule has 26 heavy (non-hydrogen) atoms. The summed E-state index contributed by atoms with van der Waals surface area (Å²) in [5, 5.41) is 1.03. The zero-order chi connectivity index (χ0) is 18.1. The molecule has 2 aromatic rings. The van der Waals surface area contributed by atoms with Crippen LogP contribution in [0.15, 0.2) is 18.2 Å². The first kappa shape index (κ1) is 17.3. The van der Waals surface area contributed by atoms with Gasteiger partial charge in [0.1, 0.15) is 0 Å². The molecule has 0 spiro atoms. The summed E-state index contributed by atoms with van der Waals surface area (Å²) in [5.41, 5.74) is 2.20. The highest BCUT2D eigenvalue weighted by Gasteiger charge is 2.23. The fraction of sp³-hybridized carbons (Fsp3) is 0.474. The van der Waals surface area contributed by atoms with E-state index in [1.807, 2.05) is 24.8 Å². The Morgan fingerprint density at radius 3 is 2.65 bits per heavy atom. The van der Waals surface area contributed by atoms with Crippen LogP contribution >= 0.6 is 11.3 Å². The minimum atomic E-state index is 0.208. The molecular formula is C19H23N3O3S. The zero-order valence-electron chi connectivity index (χ0n) is 15.2. The number of nitrogens with zero attached hydrogens (tertiary/aromatic N) is 3. The molecule has 7 heteroatoms. The summed E-state index contributed by atoms with van der Waals surface area (Å²) in [6.07, 6.45) is 0.472. The smallest absolute Gasteiger partial charge is 0.231 e. The molecule has 0 saturated carbocycles. The summed E-state index contributed by atoms with van der Waals surface area (Å²) >= 11 is 1.63. The fourth-order valence-corrected chi connectivity index (χ4v) is 4.37. The molecule has 138 valence electrons. The van der Waals surface area contributed by atoms with E-state index < -0.39 is 0 Å². The van der Waals surface area contributed by atoms with Crippen molar-refractivity contribution < 1.29 is 14.3 Å². The third-order valence-corrected chi connectivity index (χ3v) is 5.95. The van der Waals surface area contributed by atoms with Crippen LogP contribution in [0.2, 0.25) is 0 Å². The van der Waals surface area contributed by atoms with Crippen LogP contribution in [-0.2, 0) is 17.8 Å². The number of carbonyl (C=O) groups is 1. The molecule has 3 heterocycles. The number of aryl methyl sites for hydroxylation is 2. The van der Waals surface area contributed by atoms with E-state index in [-0.39, 0.29) is 5.91 Å². The number of hydrogen-bond acceptors (Lipinski definition) is 6. The normalized spacial score (nSPS) is 16.9. The largest absolute Gasteiger partial charge is 0.454 e. The lowest BCUT2D eigenvalue weighted by molar-refractivity contribution is -0.132. The third-order valence-electron chi connectivity index (χ3n) is 4.88. The number of rotatable bonds is 4. The maximum absolute atomic E-state index is 12.6. The van der Waals surface area contributed by atoms with Gasteiger partial charge in [0.05, 0.1) is 17.1 Å². The summed E-state index contributed by atoms with van der Waals surface area (Å²) < 4.78 is 10.8. The number of aromatic nitrogens is 1. The molecule has 1 aromatic heterocycles. The molecule has 2 aliphatic heterocycles. The number of hydrogen-bond donors (Lipinski definition) is 0. The molecular weight excluding hydrogens is 350 g/mol. The number of benzene rings is 1. The second-order valence-electron chi connectivity index (χ2n) is 6.76. The molecule has 0 aliphatic carbocycles. The van der Waals surface area contributed by atoms with Gasteiger partial charge in [0.15, 0.2) is 11.5 Å². The SMILES string of the molecule is Cc1nc(C)c(CC(=O)N2CCN(Cc3ccc4c(c3)OCO4)CC2)s1. The summed E-state index contributed by atoms with van der Waals surface area (Å²) in [7, 11) is 0. The number of thiazole rings is 1. The zero-order valence-corrected chi connectivity index (χ0v) is 16.0. The van der Waals surface area contributed by atoms with Crippen LogP contribution in [-0.4, -0.2) is 53.7 Å². The number of amides is 1. The van der Waals surface area contributed by atoms with Gasteiger partial charge in [0.2, 0.25) is 12.7 Å². The molecule has 1 fully saturated rings. The van der Waals surface area contributed by atoms with Crippen molar-refractivity contribution in [2.24, 2.45) is 0 Å². The van der Waals surface area contributed by atoms with E-state index in [2.05, 4.69) is 22.0 Å². The molecule has 1 amide bonds. The highest BCUT2D eigenvalue weighted by Crippen LogP contribution is 2.32. The Hall–Kier alpha value is -2.12. The van der Waals surface area contributed by atoms with E-state index in [1.54, 1.807) is 11.3 Å². The van der Waals surface area contributed by atoms with Crippen molar-refractivity contribution in [1.29, 1.82) is 0 Å². The monoisotopic (exact) mass is 373 g/mol.